The van der Waals surface area contributed by atoms with E-state index in [2.05, 4.69) is 67.8 Å². The van der Waals surface area contributed by atoms with Crippen molar-refractivity contribution in [1.82, 2.24) is 5.32 Å². The second kappa shape index (κ2) is 63.2. The van der Waals surface area contributed by atoms with E-state index in [0.717, 1.165) is 44.9 Å². The summed E-state index contributed by atoms with van der Waals surface area (Å²) in [6.45, 7) is 3.49. The molecule has 506 valence electrons. The first kappa shape index (κ1) is 82.1. The molecule has 0 bridgehead atoms. The van der Waals surface area contributed by atoms with E-state index >= 15 is 0 Å². The Hall–Kier alpha value is -1.93. The van der Waals surface area contributed by atoms with E-state index < -0.39 is 74.2 Å². The van der Waals surface area contributed by atoms with Gasteiger partial charge < -0.3 is 50.5 Å². The van der Waals surface area contributed by atoms with Crippen LogP contribution in [0, 0.1) is 0 Å². The normalized spacial score (nSPS) is 19.0. The molecule has 0 aromatic heterocycles. The summed E-state index contributed by atoms with van der Waals surface area (Å²) >= 11 is 0. The van der Waals surface area contributed by atoms with Crippen LogP contribution in [0.15, 0.2) is 48.6 Å². The standard InChI is InChI=1S/C75H141NO10/c1-3-5-7-9-11-13-15-17-19-21-23-25-27-29-31-32-33-34-35-37-38-40-42-44-46-48-50-52-54-56-58-60-62-67(78)70(80)66(65-85-75-73(83)72(82)71(81)69(64-77)86-75)76-74(84)68(79)63-61-59-57-55-53-51-49-47-45-43-41-39-36-30-28-26-24-22-20-18-16-14-12-10-8-6-4-2/h30,36,38,40,46,48,54,56,66-73,75,77-83H,3-29,31-35,37,39,41-45,47,49-53,55,57-65H2,1-2H3,(H,76,84)/b36-30-,40-38+,48-46+,56-54+. The van der Waals surface area contributed by atoms with Gasteiger partial charge in [0.2, 0.25) is 5.91 Å². The number of ether oxygens (including phenoxy) is 2. The average molecular weight is 1220 g/mol. The Morgan fingerprint density at radius 1 is 0.395 bits per heavy atom. The molecule has 1 rings (SSSR count). The lowest BCUT2D eigenvalue weighted by molar-refractivity contribution is -0.303. The third-order valence-electron chi connectivity index (χ3n) is 17.8. The van der Waals surface area contributed by atoms with Crippen molar-refractivity contribution in [2.75, 3.05) is 13.2 Å². The van der Waals surface area contributed by atoms with Crippen LogP contribution in [0.25, 0.3) is 0 Å². The van der Waals surface area contributed by atoms with Crippen LogP contribution >= 0.6 is 0 Å². The van der Waals surface area contributed by atoms with Gasteiger partial charge in [0.25, 0.3) is 0 Å². The molecule has 0 saturated carbocycles. The molecule has 1 amide bonds. The van der Waals surface area contributed by atoms with Crippen LogP contribution in [0.4, 0.5) is 0 Å². The predicted octanol–water partition coefficient (Wildman–Crippen LogP) is 18.3. The van der Waals surface area contributed by atoms with Crippen molar-refractivity contribution in [1.29, 1.82) is 0 Å². The number of allylic oxidation sites excluding steroid dienone is 8. The van der Waals surface area contributed by atoms with E-state index in [4.69, 9.17) is 9.47 Å². The third-order valence-corrected chi connectivity index (χ3v) is 17.8. The van der Waals surface area contributed by atoms with E-state index in [9.17, 15) is 40.5 Å². The van der Waals surface area contributed by atoms with E-state index in [1.807, 2.05) is 0 Å². The highest BCUT2D eigenvalue weighted by Gasteiger charge is 2.44. The van der Waals surface area contributed by atoms with Gasteiger partial charge in [-0.25, -0.2) is 0 Å². The predicted molar refractivity (Wildman–Crippen MR) is 362 cm³/mol. The molecule has 1 heterocycles. The van der Waals surface area contributed by atoms with Crippen LogP contribution in [0.3, 0.4) is 0 Å². The summed E-state index contributed by atoms with van der Waals surface area (Å²) in [5.74, 6) is -0.709. The maximum absolute atomic E-state index is 13.3. The lowest BCUT2D eigenvalue weighted by Crippen LogP contribution is -2.60. The highest BCUT2D eigenvalue weighted by atomic mass is 16.7. The number of carbonyl (C=O) groups excluding carboxylic acids is 1. The Morgan fingerprint density at radius 3 is 1.03 bits per heavy atom. The Kier molecular flexibility index (Phi) is 60.3. The Bertz CT molecular complexity index is 1540. The number of rotatable bonds is 65. The smallest absolute Gasteiger partial charge is 0.249 e. The van der Waals surface area contributed by atoms with Crippen LogP contribution < -0.4 is 5.32 Å². The molecule has 0 radical (unpaired) electrons. The van der Waals surface area contributed by atoms with Crippen LogP contribution in [-0.2, 0) is 14.3 Å². The molecule has 86 heavy (non-hydrogen) atoms. The van der Waals surface area contributed by atoms with Gasteiger partial charge in [-0.3, -0.25) is 4.79 Å². The Balaban J connectivity index is 2.22. The van der Waals surface area contributed by atoms with E-state index in [-0.39, 0.29) is 12.8 Å². The van der Waals surface area contributed by atoms with Gasteiger partial charge in [0.05, 0.1) is 25.4 Å². The molecule has 1 saturated heterocycles. The lowest BCUT2D eigenvalue weighted by atomic mass is 9.98. The van der Waals surface area contributed by atoms with E-state index in [1.54, 1.807) is 0 Å². The summed E-state index contributed by atoms with van der Waals surface area (Å²) in [4.78, 5) is 13.3. The number of amides is 1. The highest BCUT2D eigenvalue weighted by molar-refractivity contribution is 5.80. The number of carbonyl (C=O) groups is 1. The molecule has 1 aliphatic heterocycles. The summed E-state index contributed by atoms with van der Waals surface area (Å²) in [6.07, 6.45) is 72.1. The van der Waals surface area contributed by atoms with Gasteiger partial charge in [0.15, 0.2) is 6.29 Å². The van der Waals surface area contributed by atoms with Crippen molar-refractivity contribution >= 4 is 5.91 Å². The number of nitrogens with one attached hydrogen (secondary N) is 1. The maximum Gasteiger partial charge on any atom is 0.249 e. The molecule has 9 atom stereocenters. The van der Waals surface area contributed by atoms with Crippen LogP contribution in [0.5, 0.6) is 0 Å². The zero-order valence-corrected chi connectivity index (χ0v) is 56.1. The van der Waals surface area contributed by atoms with E-state index in [1.165, 1.54) is 263 Å². The van der Waals surface area contributed by atoms with Crippen molar-refractivity contribution in [2.45, 2.75) is 409 Å². The van der Waals surface area contributed by atoms with Crippen LogP contribution in [0.2, 0.25) is 0 Å². The molecule has 0 aliphatic carbocycles. The number of hydrogen-bond donors (Lipinski definition) is 8. The van der Waals surface area contributed by atoms with Crippen molar-refractivity contribution in [3.8, 4) is 0 Å². The number of unbranched alkanes of at least 4 members (excludes halogenated alkanes) is 45. The first-order valence-corrected chi connectivity index (χ1v) is 37.0. The molecule has 0 aromatic carbocycles. The molecule has 0 aromatic rings. The van der Waals surface area contributed by atoms with Crippen molar-refractivity contribution < 1.29 is 50.0 Å². The molecule has 11 heteroatoms. The largest absolute Gasteiger partial charge is 0.394 e. The summed E-state index contributed by atoms with van der Waals surface area (Å²) < 4.78 is 11.2. The molecule has 9 unspecified atom stereocenters. The zero-order chi connectivity index (χ0) is 62.4. The zero-order valence-electron chi connectivity index (χ0n) is 56.1. The maximum atomic E-state index is 13.3. The van der Waals surface area contributed by atoms with Crippen molar-refractivity contribution in [3.63, 3.8) is 0 Å². The third kappa shape index (κ3) is 49.8. The molecule has 0 spiro atoms. The topological polar surface area (TPSA) is 189 Å². The highest BCUT2D eigenvalue weighted by Crippen LogP contribution is 2.24. The van der Waals surface area contributed by atoms with Gasteiger partial charge in [-0.15, -0.1) is 0 Å². The fraction of sp³-hybridized carbons (Fsp3) is 0.880. The van der Waals surface area contributed by atoms with Gasteiger partial charge in [-0.05, 0) is 89.9 Å². The minimum atomic E-state index is -1.68. The summed E-state index contributed by atoms with van der Waals surface area (Å²) in [7, 11) is 0. The average Bonchev–Trinajstić information content (AvgIpc) is 3.00. The quantitative estimate of drug-likeness (QED) is 0.0215. The molecule has 8 N–H and O–H groups in total. The van der Waals surface area contributed by atoms with Crippen LogP contribution in [0.1, 0.15) is 354 Å². The number of hydrogen-bond acceptors (Lipinski definition) is 10. The molecule has 1 aliphatic rings. The van der Waals surface area contributed by atoms with Gasteiger partial charge in [0.1, 0.15) is 36.6 Å². The summed E-state index contributed by atoms with van der Waals surface area (Å²) in [6, 6.07) is -1.20. The number of aliphatic hydroxyl groups excluding tert-OH is 7. The van der Waals surface area contributed by atoms with Gasteiger partial charge in [-0.2, -0.15) is 0 Å². The second-order valence-corrected chi connectivity index (χ2v) is 26.0. The van der Waals surface area contributed by atoms with Crippen molar-refractivity contribution in [2.24, 2.45) is 0 Å². The molecular weight excluding hydrogens is 1070 g/mol. The minimum absolute atomic E-state index is 0.241. The van der Waals surface area contributed by atoms with Gasteiger partial charge in [-0.1, -0.05) is 313 Å². The first-order chi connectivity index (χ1) is 42.2. The van der Waals surface area contributed by atoms with Crippen LogP contribution in [-0.4, -0.2) is 110 Å². The van der Waals surface area contributed by atoms with Crippen molar-refractivity contribution in [3.05, 3.63) is 48.6 Å². The minimum Gasteiger partial charge on any atom is -0.394 e. The molecular formula is C75H141NO10. The molecule has 1 fully saturated rings. The Morgan fingerprint density at radius 2 is 0.698 bits per heavy atom. The fourth-order valence-electron chi connectivity index (χ4n) is 11.9. The second-order valence-electron chi connectivity index (χ2n) is 26.0. The van der Waals surface area contributed by atoms with Gasteiger partial charge >= 0.3 is 0 Å². The lowest BCUT2D eigenvalue weighted by Gasteiger charge is -2.40. The first-order valence-electron chi connectivity index (χ1n) is 37.0. The van der Waals surface area contributed by atoms with E-state index in [0.29, 0.717) is 19.3 Å². The fourth-order valence-corrected chi connectivity index (χ4v) is 11.9. The number of aliphatic hydroxyl groups is 7. The molecule has 11 nitrogen and oxygen atoms in total. The summed E-state index contributed by atoms with van der Waals surface area (Å²) in [5, 5.41) is 76.5. The monoisotopic (exact) mass is 1220 g/mol. The Labute approximate surface area is 529 Å². The SMILES string of the molecule is CCCCCCCCCCCCCC/C=C\CCCCCCCCCCCCCC(O)C(=O)NC(COC1OC(CO)C(O)C(O)C1O)C(O)C(O)CCC/C=C/CC/C=C/CC/C=C/CCCCCCCCCCCCCCCCCCCCC. The van der Waals surface area contributed by atoms with Gasteiger partial charge in [0, 0.05) is 0 Å². The summed E-state index contributed by atoms with van der Waals surface area (Å²) in [5.41, 5.74) is 0.